The van der Waals surface area contributed by atoms with E-state index in [9.17, 15) is 10.2 Å². The molecule has 38 heavy (non-hydrogen) atoms. The van der Waals surface area contributed by atoms with Gasteiger partial charge in [-0.3, -0.25) is 4.98 Å². The van der Waals surface area contributed by atoms with E-state index in [4.69, 9.17) is 9.97 Å². The van der Waals surface area contributed by atoms with Crippen molar-refractivity contribution in [1.29, 1.82) is 0 Å². The number of hydrogen-bond donors (Lipinski definition) is 4. The summed E-state index contributed by atoms with van der Waals surface area (Å²) < 4.78 is 0. The van der Waals surface area contributed by atoms with E-state index >= 15 is 0 Å². The summed E-state index contributed by atoms with van der Waals surface area (Å²) in [5.41, 5.74) is 9.51. The van der Waals surface area contributed by atoms with Gasteiger partial charge in [0.1, 0.15) is 12.2 Å². The van der Waals surface area contributed by atoms with Crippen LogP contribution in [0.5, 0.6) is 0 Å². The summed E-state index contributed by atoms with van der Waals surface area (Å²) in [5, 5.41) is 22.1. The quantitative estimate of drug-likeness (QED) is 0.217. The molecule has 0 fully saturated rings. The van der Waals surface area contributed by atoms with Crippen LogP contribution in [0, 0.1) is 0 Å². The number of fused-ring (bicyclic) bond motifs is 8. The lowest BCUT2D eigenvalue weighted by Gasteiger charge is -2.11. The van der Waals surface area contributed by atoms with Crippen LogP contribution in [0.25, 0.3) is 56.5 Å². The molecule has 2 unspecified atom stereocenters. The highest BCUT2D eigenvalue weighted by molar-refractivity contribution is 5.91. The number of H-pyrrole nitrogens is 2. The molecular weight excluding hydrogens is 472 g/mol. The van der Waals surface area contributed by atoms with Crippen molar-refractivity contribution in [2.45, 2.75) is 12.2 Å². The molecule has 8 bridgehead atoms. The van der Waals surface area contributed by atoms with Gasteiger partial charge in [-0.15, -0.1) is 0 Å². The Morgan fingerprint density at radius 3 is 1.87 bits per heavy atom. The lowest BCUT2D eigenvalue weighted by Crippen LogP contribution is -2.04. The van der Waals surface area contributed by atoms with E-state index in [0.717, 1.165) is 55.7 Å². The molecule has 4 N–H and O–H groups in total. The van der Waals surface area contributed by atoms with Crippen molar-refractivity contribution in [1.82, 2.24) is 19.9 Å². The predicted molar refractivity (Wildman–Crippen MR) is 151 cm³/mol. The van der Waals surface area contributed by atoms with Crippen molar-refractivity contribution in [2.24, 2.45) is 0 Å². The van der Waals surface area contributed by atoms with Crippen LogP contribution in [-0.2, 0) is 0 Å². The molecule has 0 saturated carbocycles. The lowest BCUT2D eigenvalue weighted by atomic mass is 10.00. The van der Waals surface area contributed by atoms with E-state index in [2.05, 4.69) is 22.1 Å². The Kier molecular flexibility index (Phi) is 5.28. The summed E-state index contributed by atoms with van der Waals surface area (Å²) in [6.45, 7) is 0. The fourth-order valence-corrected chi connectivity index (χ4v) is 5.20. The average Bonchev–Trinajstić information content (AvgIpc) is 3.74. The maximum absolute atomic E-state index is 11.1. The molecule has 2 atom stereocenters. The minimum absolute atomic E-state index is 0.398. The second-order valence-corrected chi connectivity index (χ2v) is 9.49. The maximum atomic E-state index is 11.1. The van der Waals surface area contributed by atoms with Gasteiger partial charge >= 0.3 is 0 Å². The van der Waals surface area contributed by atoms with Gasteiger partial charge < -0.3 is 20.2 Å². The minimum atomic E-state index is -1.16. The zero-order valence-corrected chi connectivity index (χ0v) is 20.3. The molecule has 0 amide bonds. The number of benzene rings is 2. The first-order valence-electron chi connectivity index (χ1n) is 12.5. The van der Waals surface area contributed by atoms with Crippen molar-refractivity contribution in [3.05, 3.63) is 120 Å². The van der Waals surface area contributed by atoms with E-state index in [0.29, 0.717) is 11.4 Å². The van der Waals surface area contributed by atoms with Crippen molar-refractivity contribution in [2.75, 3.05) is 0 Å². The summed E-state index contributed by atoms with van der Waals surface area (Å²) in [6.07, 6.45) is 1.73. The summed E-state index contributed by atoms with van der Waals surface area (Å²) in [7, 11) is 0. The third-order valence-electron chi connectivity index (χ3n) is 6.99. The number of nitrogens with one attached hydrogen (secondary N) is 2. The molecule has 5 heterocycles. The molecule has 6 heteroatoms. The molecule has 0 radical (unpaired) electrons. The van der Waals surface area contributed by atoms with E-state index in [1.165, 1.54) is 0 Å². The van der Waals surface area contributed by atoms with Gasteiger partial charge in [-0.1, -0.05) is 60.7 Å². The second kappa shape index (κ2) is 8.95. The number of aliphatic hydroxyl groups is 2. The van der Waals surface area contributed by atoms with E-state index in [-0.39, 0.29) is 0 Å². The fraction of sp³-hybridized carbons (Fsp3) is 0.0625. The summed E-state index contributed by atoms with van der Waals surface area (Å²) in [6, 6.07) is 31.6. The smallest absolute Gasteiger partial charge is 0.128 e. The first-order valence-corrected chi connectivity index (χ1v) is 12.5. The first-order chi connectivity index (χ1) is 18.6. The van der Waals surface area contributed by atoms with Crippen LogP contribution >= 0.6 is 0 Å². The Balaban J connectivity index is 1.61. The molecule has 0 aliphatic carbocycles. The van der Waals surface area contributed by atoms with Gasteiger partial charge in [-0.05, 0) is 59.7 Å². The first kappa shape index (κ1) is 22.4. The number of rotatable bonds is 2. The second-order valence-electron chi connectivity index (χ2n) is 9.49. The molecule has 3 aromatic heterocycles. The number of aromatic amines is 2. The lowest BCUT2D eigenvalue weighted by molar-refractivity contribution is 0.0257. The van der Waals surface area contributed by atoms with Crippen LogP contribution in [-0.4, -0.2) is 30.1 Å². The molecule has 7 rings (SSSR count). The highest BCUT2D eigenvalue weighted by Crippen LogP contribution is 2.39. The van der Waals surface area contributed by atoms with E-state index < -0.39 is 12.2 Å². The molecule has 184 valence electrons. The fourth-order valence-electron chi connectivity index (χ4n) is 5.20. The summed E-state index contributed by atoms with van der Waals surface area (Å²) in [5.74, 6) is 0. The third kappa shape index (κ3) is 3.84. The van der Waals surface area contributed by atoms with Crippen molar-refractivity contribution < 1.29 is 10.2 Å². The molecule has 0 saturated heterocycles. The Morgan fingerprint density at radius 1 is 0.579 bits per heavy atom. The largest absolute Gasteiger partial charge is 0.384 e. The highest BCUT2D eigenvalue weighted by Gasteiger charge is 2.31. The SMILES string of the molecule is OC1c2cc3ccc([nH]3)c(-c3ccccc3)c3nc(cc4ccc([nH]4)c(-c4ccccc4)c(n2)C1O)C=C3. The standard InChI is InChI=1S/C32H24N4O2/c37-31-27-18-23-13-15-25(35-23)28(19-7-3-1-4-8-19)24-14-11-21(33-24)17-22-12-16-26(34-22)29(30(36-27)32(31)38)20-9-5-2-6-10-20/h1-18,31-32,34-35,37-38H. The number of aliphatic hydroxyl groups excluding tert-OH is 2. The third-order valence-corrected chi connectivity index (χ3v) is 6.99. The zero-order valence-electron chi connectivity index (χ0n) is 20.3. The van der Waals surface area contributed by atoms with Gasteiger partial charge in [0, 0.05) is 33.2 Å². The Hall–Kier alpha value is -4.78. The minimum Gasteiger partial charge on any atom is -0.384 e. The molecule has 5 aromatic rings. The predicted octanol–water partition coefficient (Wildman–Crippen LogP) is 6.59. The number of hydrogen-bond acceptors (Lipinski definition) is 4. The van der Waals surface area contributed by atoms with Crippen molar-refractivity contribution in [3.8, 4) is 22.3 Å². The van der Waals surface area contributed by atoms with Crippen LogP contribution in [0.2, 0.25) is 0 Å². The van der Waals surface area contributed by atoms with Gasteiger partial charge in [0.05, 0.1) is 22.8 Å². The molecule has 2 aliphatic heterocycles. The summed E-state index contributed by atoms with van der Waals surface area (Å²) >= 11 is 0. The Labute approximate surface area is 218 Å². The molecule has 0 spiro atoms. The van der Waals surface area contributed by atoms with Crippen LogP contribution in [0.3, 0.4) is 0 Å². The van der Waals surface area contributed by atoms with Gasteiger partial charge in [0.15, 0.2) is 0 Å². The normalized spacial score (nSPS) is 16.6. The van der Waals surface area contributed by atoms with E-state index in [1.807, 2.05) is 91.0 Å². The van der Waals surface area contributed by atoms with Crippen LogP contribution in [0.1, 0.15) is 35.0 Å². The van der Waals surface area contributed by atoms with Gasteiger partial charge in [-0.25, -0.2) is 4.98 Å². The topological polar surface area (TPSA) is 97.8 Å². The van der Waals surface area contributed by atoms with Gasteiger partial charge in [0.2, 0.25) is 0 Å². The van der Waals surface area contributed by atoms with Crippen molar-refractivity contribution >= 4 is 34.2 Å². The van der Waals surface area contributed by atoms with E-state index in [1.54, 1.807) is 6.07 Å². The molecular formula is C32H24N4O2. The van der Waals surface area contributed by atoms with Crippen LogP contribution in [0.4, 0.5) is 0 Å². The van der Waals surface area contributed by atoms with Crippen LogP contribution < -0.4 is 0 Å². The highest BCUT2D eigenvalue weighted by atomic mass is 16.3. The van der Waals surface area contributed by atoms with Crippen LogP contribution in [0.15, 0.2) is 97.1 Å². The van der Waals surface area contributed by atoms with Crippen molar-refractivity contribution in [3.63, 3.8) is 0 Å². The Morgan fingerprint density at radius 2 is 1.18 bits per heavy atom. The summed E-state index contributed by atoms with van der Waals surface area (Å²) in [4.78, 5) is 16.6. The average molecular weight is 497 g/mol. The Bertz CT molecular complexity index is 1850. The van der Waals surface area contributed by atoms with Gasteiger partial charge in [0.25, 0.3) is 0 Å². The maximum Gasteiger partial charge on any atom is 0.128 e. The number of aromatic nitrogens is 4. The molecule has 6 nitrogen and oxygen atoms in total. The van der Waals surface area contributed by atoms with Gasteiger partial charge in [-0.2, -0.15) is 0 Å². The number of nitrogens with zero attached hydrogens (tertiary/aromatic N) is 2. The molecule has 2 aromatic carbocycles. The molecule has 2 aliphatic rings. The zero-order chi connectivity index (χ0) is 25.6. The monoisotopic (exact) mass is 496 g/mol.